The fourth-order valence-corrected chi connectivity index (χ4v) is 6.64. The number of rotatable bonds is 45. The van der Waals surface area contributed by atoms with Crippen LogP contribution in [0.5, 0.6) is 0 Å². The molecule has 0 bridgehead atoms. The van der Waals surface area contributed by atoms with Crippen molar-refractivity contribution < 1.29 is 23.8 Å². The van der Waals surface area contributed by atoms with Crippen molar-refractivity contribution in [3.8, 4) is 0 Å². The highest BCUT2D eigenvalue weighted by molar-refractivity contribution is 5.70. The van der Waals surface area contributed by atoms with E-state index in [0.29, 0.717) is 19.4 Å². The van der Waals surface area contributed by atoms with E-state index in [4.69, 9.17) is 14.2 Å². The maximum atomic E-state index is 12.8. The van der Waals surface area contributed by atoms with Crippen molar-refractivity contribution in [1.82, 2.24) is 0 Å². The van der Waals surface area contributed by atoms with Crippen LogP contribution >= 0.6 is 0 Å². The SMILES string of the molecule is CC/C=C\C/C=C\C/C=C\C/C=C\CCCCCCCCC(=O)OCC(COCCCCCCCC/C=C\CCCC)OC(=O)CCCCCCC/C=C\C/C=C\CCC. The summed E-state index contributed by atoms with van der Waals surface area (Å²) < 4.78 is 17.3. The quantitative estimate of drug-likeness (QED) is 0.0347. The first kappa shape index (κ1) is 57.1. The number of unbranched alkanes of at least 4 members (excludes halogenated alkanes) is 20. The lowest BCUT2D eigenvalue weighted by Crippen LogP contribution is -2.30. The minimum absolute atomic E-state index is 0.0661. The molecule has 0 saturated carbocycles. The first-order valence-electron chi connectivity index (χ1n) is 25.1. The summed E-state index contributed by atoms with van der Waals surface area (Å²) in [6, 6.07) is 0. The highest BCUT2D eigenvalue weighted by Crippen LogP contribution is 2.13. The molecule has 0 saturated heterocycles. The number of allylic oxidation sites excluding steroid dienone is 14. The number of hydrogen-bond acceptors (Lipinski definition) is 5. The van der Waals surface area contributed by atoms with Crippen LogP contribution in [0.3, 0.4) is 0 Å². The molecule has 0 aromatic carbocycles. The minimum Gasteiger partial charge on any atom is -0.462 e. The van der Waals surface area contributed by atoms with Crippen molar-refractivity contribution in [2.45, 2.75) is 232 Å². The van der Waals surface area contributed by atoms with Gasteiger partial charge in [-0.2, -0.15) is 0 Å². The molecule has 0 fully saturated rings. The molecule has 0 amide bonds. The average molecular weight is 835 g/mol. The number of carbonyl (C=O) groups excluding carboxylic acids is 2. The third kappa shape index (κ3) is 47.8. The lowest BCUT2D eigenvalue weighted by molar-refractivity contribution is -0.163. The Balaban J connectivity index is 4.29. The van der Waals surface area contributed by atoms with Gasteiger partial charge in [-0.15, -0.1) is 0 Å². The standard InChI is InChI=1S/C55H94O5/c1-4-7-10-13-16-19-22-25-26-27-28-29-30-32-33-36-39-42-45-48-54(56)59-52-53(51-58-50-47-44-41-38-35-24-21-18-15-12-9-6-3)60-55(57)49-46-43-40-37-34-31-23-20-17-14-11-8-5-2/h7,10-11,14-16,18-20,23,25-26,28-29,53H,4-6,8-9,12-13,17,21-22,24,27,30-52H2,1-3H3/b10-7-,14-11-,18-15-,19-16-,23-20-,26-25-,29-28-. The maximum Gasteiger partial charge on any atom is 0.306 e. The zero-order valence-corrected chi connectivity index (χ0v) is 39.5. The Bertz CT molecular complexity index is 1130. The molecule has 0 spiro atoms. The molecule has 60 heavy (non-hydrogen) atoms. The van der Waals surface area contributed by atoms with Crippen molar-refractivity contribution in [1.29, 1.82) is 0 Å². The van der Waals surface area contributed by atoms with Crippen LogP contribution in [0.15, 0.2) is 85.1 Å². The Morgan fingerprint density at radius 2 is 0.783 bits per heavy atom. The summed E-state index contributed by atoms with van der Waals surface area (Å²) in [5.41, 5.74) is 0. The van der Waals surface area contributed by atoms with Crippen LogP contribution in [0.25, 0.3) is 0 Å². The molecule has 1 atom stereocenters. The van der Waals surface area contributed by atoms with Gasteiger partial charge >= 0.3 is 11.9 Å². The number of hydrogen-bond donors (Lipinski definition) is 0. The van der Waals surface area contributed by atoms with Gasteiger partial charge < -0.3 is 14.2 Å². The molecular weight excluding hydrogens is 741 g/mol. The van der Waals surface area contributed by atoms with Crippen molar-refractivity contribution in [2.75, 3.05) is 19.8 Å². The third-order valence-corrected chi connectivity index (χ3v) is 10.4. The highest BCUT2D eigenvalue weighted by Gasteiger charge is 2.17. The summed E-state index contributed by atoms with van der Waals surface area (Å²) in [6.45, 7) is 7.58. The van der Waals surface area contributed by atoms with Crippen LogP contribution in [0.1, 0.15) is 226 Å². The molecule has 0 aromatic rings. The molecule has 0 radical (unpaired) electrons. The summed E-state index contributed by atoms with van der Waals surface area (Å²) in [7, 11) is 0. The summed E-state index contributed by atoms with van der Waals surface area (Å²) >= 11 is 0. The Morgan fingerprint density at radius 3 is 1.28 bits per heavy atom. The molecule has 0 aliphatic heterocycles. The van der Waals surface area contributed by atoms with E-state index in [0.717, 1.165) is 103 Å². The number of carbonyl (C=O) groups is 2. The number of esters is 2. The fraction of sp³-hybridized carbons (Fsp3) is 0.709. The van der Waals surface area contributed by atoms with Crippen LogP contribution in [-0.2, 0) is 23.8 Å². The van der Waals surface area contributed by atoms with E-state index in [1.165, 1.54) is 89.9 Å². The zero-order chi connectivity index (χ0) is 43.5. The Morgan fingerprint density at radius 1 is 0.383 bits per heavy atom. The second-order valence-corrected chi connectivity index (χ2v) is 16.3. The lowest BCUT2D eigenvalue weighted by Gasteiger charge is -2.18. The van der Waals surface area contributed by atoms with Gasteiger partial charge in [0, 0.05) is 19.4 Å². The van der Waals surface area contributed by atoms with E-state index in [-0.39, 0.29) is 25.2 Å². The van der Waals surface area contributed by atoms with Crippen molar-refractivity contribution in [2.24, 2.45) is 0 Å². The first-order chi connectivity index (χ1) is 29.6. The van der Waals surface area contributed by atoms with Gasteiger partial charge in [0.1, 0.15) is 6.61 Å². The monoisotopic (exact) mass is 835 g/mol. The second-order valence-electron chi connectivity index (χ2n) is 16.3. The predicted molar refractivity (Wildman–Crippen MR) is 260 cm³/mol. The average Bonchev–Trinajstić information content (AvgIpc) is 3.25. The lowest BCUT2D eigenvalue weighted by atomic mass is 10.1. The van der Waals surface area contributed by atoms with E-state index >= 15 is 0 Å². The van der Waals surface area contributed by atoms with E-state index in [2.05, 4.69) is 106 Å². The van der Waals surface area contributed by atoms with Crippen LogP contribution < -0.4 is 0 Å². The van der Waals surface area contributed by atoms with Gasteiger partial charge in [-0.1, -0.05) is 196 Å². The second kappa shape index (κ2) is 50.4. The normalized spacial score (nSPS) is 12.9. The van der Waals surface area contributed by atoms with Crippen LogP contribution in [0.2, 0.25) is 0 Å². The highest BCUT2D eigenvalue weighted by atomic mass is 16.6. The molecule has 0 N–H and O–H groups in total. The molecule has 0 aliphatic carbocycles. The topological polar surface area (TPSA) is 61.8 Å². The van der Waals surface area contributed by atoms with Gasteiger partial charge in [0.15, 0.2) is 6.10 Å². The largest absolute Gasteiger partial charge is 0.462 e. The van der Waals surface area contributed by atoms with E-state index in [1.807, 2.05) is 0 Å². The van der Waals surface area contributed by atoms with Gasteiger partial charge in [-0.3, -0.25) is 9.59 Å². The third-order valence-electron chi connectivity index (χ3n) is 10.4. The number of ether oxygens (including phenoxy) is 3. The molecule has 0 aromatic heterocycles. The molecule has 1 unspecified atom stereocenters. The summed E-state index contributed by atoms with van der Waals surface area (Å²) in [4.78, 5) is 25.4. The van der Waals surface area contributed by atoms with Gasteiger partial charge in [0.2, 0.25) is 0 Å². The van der Waals surface area contributed by atoms with Gasteiger partial charge in [0.25, 0.3) is 0 Å². The van der Waals surface area contributed by atoms with Crippen LogP contribution in [0.4, 0.5) is 0 Å². The van der Waals surface area contributed by atoms with Crippen molar-refractivity contribution >= 4 is 11.9 Å². The predicted octanol–water partition coefficient (Wildman–Crippen LogP) is 16.9. The van der Waals surface area contributed by atoms with E-state index in [1.54, 1.807) is 0 Å². The maximum absolute atomic E-state index is 12.8. The molecule has 344 valence electrons. The molecule has 0 heterocycles. The van der Waals surface area contributed by atoms with Crippen LogP contribution in [-0.4, -0.2) is 37.9 Å². The summed E-state index contributed by atoms with van der Waals surface area (Å²) in [6.07, 6.45) is 65.8. The first-order valence-corrected chi connectivity index (χ1v) is 25.1. The Hall–Kier alpha value is -2.92. The van der Waals surface area contributed by atoms with Crippen molar-refractivity contribution in [3.05, 3.63) is 85.1 Å². The molecule has 0 rings (SSSR count). The Kier molecular flexibility index (Phi) is 48.0. The minimum atomic E-state index is -0.555. The molecule has 0 aliphatic rings. The molecule has 5 nitrogen and oxygen atoms in total. The van der Waals surface area contributed by atoms with E-state index in [9.17, 15) is 9.59 Å². The van der Waals surface area contributed by atoms with Gasteiger partial charge in [-0.25, -0.2) is 0 Å². The Labute approximate surface area is 371 Å². The summed E-state index contributed by atoms with van der Waals surface area (Å²) in [5.74, 6) is -0.435. The van der Waals surface area contributed by atoms with Gasteiger partial charge in [0.05, 0.1) is 6.61 Å². The summed E-state index contributed by atoms with van der Waals surface area (Å²) in [5, 5.41) is 0. The van der Waals surface area contributed by atoms with Gasteiger partial charge in [-0.05, 0) is 103 Å². The molecular formula is C55H94O5. The zero-order valence-electron chi connectivity index (χ0n) is 39.5. The fourth-order valence-electron chi connectivity index (χ4n) is 6.64. The van der Waals surface area contributed by atoms with Crippen LogP contribution in [0, 0.1) is 0 Å². The molecule has 5 heteroatoms. The van der Waals surface area contributed by atoms with E-state index < -0.39 is 6.10 Å². The smallest absolute Gasteiger partial charge is 0.306 e. The van der Waals surface area contributed by atoms with Crippen molar-refractivity contribution in [3.63, 3.8) is 0 Å².